The summed E-state index contributed by atoms with van der Waals surface area (Å²) in [6.07, 6.45) is 0.189. The van der Waals surface area contributed by atoms with E-state index in [0.717, 1.165) is 26.1 Å². The summed E-state index contributed by atoms with van der Waals surface area (Å²) in [6, 6.07) is 6.13. The second-order valence-corrected chi connectivity index (χ2v) is 8.13. The molecule has 0 aliphatic rings. The minimum absolute atomic E-state index is 0.168. The van der Waals surface area contributed by atoms with Crippen LogP contribution in [0.3, 0.4) is 0 Å². The van der Waals surface area contributed by atoms with Gasteiger partial charge in [0, 0.05) is 16.4 Å². The van der Waals surface area contributed by atoms with Gasteiger partial charge in [-0.2, -0.15) is 0 Å². The third-order valence-electron chi connectivity index (χ3n) is 3.42. The molecule has 1 amide bonds. The molecule has 3 aromatic rings. The van der Waals surface area contributed by atoms with Crippen LogP contribution in [0.15, 0.2) is 24.3 Å². The summed E-state index contributed by atoms with van der Waals surface area (Å²) >= 11 is 2.84. The molecule has 0 saturated heterocycles. The Morgan fingerprint density at radius 1 is 1.20 bits per heavy atom. The number of carbonyl (C=O) groups is 1. The van der Waals surface area contributed by atoms with E-state index < -0.39 is 0 Å². The number of nitrogens with zero attached hydrogens (tertiary/aromatic N) is 3. The summed E-state index contributed by atoms with van der Waals surface area (Å²) in [6.45, 7) is 5.95. The van der Waals surface area contributed by atoms with Crippen LogP contribution in [0.2, 0.25) is 0 Å². The lowest BCUT2D eigenvalue weighted by Gasteiger charge is -2.03. The predicted octanol–water partition coefficient (Wildman–Crippen LogP) is 4.41. The highest BCUT2D eigenvalue weighted by Crippen LogP contribution is 2.29. The second-order valence-electron chi connectivity index (χ2n) is 5.84. The Morgan fingerprint density at radius 3 is 2.56 bits per heavy atom. The molecule has 0 unspecified atom stereocenters. The first-order valence-electron chi connectivity index (χ1n) is 7.78. The van der Waals surface area contributed by atoms with E-state index in [1.54, 1.807) is 12.1 Å². The normalized spacial score (nSPS) is 11.1. The molecule has 0 fully saturated rings. The van der Waals surface area contributed by atoms with Crippen LogP contribution in [0.4, 0.5) is 9.52 Å². The molecule has 130 valence electrons. The smallest absolute Gasteiger partial charge is 0.231 e. The van der Waals surface area contributed by atoms with Gasteiger partial charge in [0.25, 0.3) is 0 Å². The van der Waals surface area contributed by atoms with E-state index in [4.69, 9.17) is 0 Å². The number of hydrogen-bond acceptors (Lipinski definition) is 6. The van der Waals surface area contributed by atoms with Crippen molar-refractivity contribution < 1.29 is 9.18 Å². The minimum Gasteiger partial charge on any atom is -0.300 e. The maximum absolute atomic E-state index is 13.1. The van der Waals surface area contributed by atoms with Crippen molar-refractivity contribution >= 4 is 33.7 Å². The summed E-state index contributed by atoms with van der Waals surface area (Å²) in [5.74, 6) is -0.192. The molecule has 0 aliphatic carbocycles. The van der Waals surface area contributed by atoms with Crippen LogP contribution in [0.1, 0.15) is 34.7 Å². The molecule has 0 bridgehead atoms. The molecule has 2 aromatic heterocycles. The quantitative estimate of drug-likeness (QED) is 0.716. The average Bonchev–Trinajstić information content (AvgIpc) is 3.15. The van der Waals surface area contributed by atoms with Gasteiger partial charge in [0.15, 0.2) is 0 Å². The van der Waals surface area contributed by atoms with Crippen LogP contribution < -0.4 is 5.32 Å². The van der Waals surface area contributed by atoms with Crippen molar-refractivity contribution in [2.75, 3.05) is 5.32 Å². The van der Waals surface area contributed by atoms with E-state index in [0.29, 0.717) is 5.13 Å². The largest absolute Gasteiger partial charge is 0.300 e. The van der Waals surface area contributed by atoms with E-state index in [2.05, 4.69) is 20.5 Å². The van der Waals surface area contributed by atoms with Gasteiger partial charge in [0.1, 0.15) is 10.8 Å². The molecule has 25 heavy (non-hydrogen) atoms. The molecule has 2 heterocycles. The van der Waals surface area contributed by atoms with Crippen molar-refractivity contribution in [3.8, 4) is 11.3 Å². The summed E-state index contributed by atoms with van der Waals surface area (Å²) in [5, 5.41) is 13.1. The van der Waals surface area contributed by atoms with E-state index >= 15 is 0 Å². The van der Waals surface area contributed by atoms with Crippen molar-refractivity contribution in [1.29, 1.82) is 0 Å². The van der Waals surface area contributed by atoms with E-state index in [9.17, 15) is 9.18 Å². The second kappa shape index (κ2) is 7.37. The number of amides is 1. The van der Waals surface area contributed by atoms with Gasteiger partial charge in [0.05, 0.1) is 17.1 Å². The van der Waals surface area contributed by atoms with Crippen molar-refractivity contribution in [3.63, 3.8) is 0 Å². The van der Waals surface area contributed by atoms with Gasteiger partial charge in [-0.1, -0.05) is 25.2 Å². The summed E-state index contributed by atoms with van der Waals surface area (Å²) < 4.78 is 13.1. The molecule has 0 spiro atoms. The van der Waals surface area contributed by atoms with Crippen LogP contribution in [-0.2, 0) is 11.2 Å². The van der Waals surface area contributed by atoms with Crippen LogP contribution in [0.5, 0.6) is 0 Å². The monoisotopic (exact) mass is 376 g/mol. The number of nitrogens with one attached hydrogen (secondary N) is 1. The van der Waals surface area contributed by atoms with Gasteiger partial charge < -0.3 is 5.32 Å². The molecule has 8 heteroatoms. The molecular weight excluding hydrogens is 359 g/mol. The Kier molecular flexibility index (Phi) is 5.19. The first-order valence-corrected chi connectivity index (χ1v) is 9.41. The molecule has 0 atom stereocenters. The van der Waals surface area contributed by atoms with Crippen LogP contribution in [-0.4, -0.2) is 21.1 Å². The van der Waals surface area contributed by atoms with Crippen molar-refractivity contribution in [1.82, 2.24) is 15.2 Å². The Bertz CT molecular complexity index is 886. The third kappa shape index (κ3) is 4.26. The Morgan fingerprint density at radius 2 is 1.92 bits per heavy atom. The first kappa shape index (κ1) is 17.6. The van der Waals surface area contributed by atoms with Gasteiger partial charge in [-0.3, -0.25) is 4.79 Å². The molecule has 1 N–H and O–H groups in total. The van der Waals surface area contributed by atoms with Crippen LogP contribution >= 0.6 is 22.7 Å². The standard InChI is InChI=1S/C17H17FN4OS2/c1-9(2)16-21-22-17(25-16)20-14(23)8-13-15(19-10(3)24-13)11-4-6-12(18)7-5-11/h4-7,9H,8H2,1-3H3,(H,20,22,23). The lowest BCUT2D eigenvalue weighted by atomic mass is 10.1. The van der Waals surface area contributed by atoms with E-state index in [-0.39, 0.29) is 24.1 Å². The lowest BCUT2D eigenvalue weighted by molar-refractivity contribution is -0.115. The summed E-state index contributed by atoms with van der Waals surface area (Å²) in [5.41, 5.74) is 1.52. The van der Waals surface area contributed by atoms with Crippen LogP contribution in [0.25, 0.3) is 11.3 Å². The number of halogens is 1. The fourth-order valence-electron chi connectivity index (χ4n) is 2.25. The lowest BCUT2D eigenvalue weighted by Crippen LogP contribution is -2.14. The van der Waals surface area contributed by atoms with Crippen LogP contribution in [0, 0.1) is 12.7 Å². The van der Waals surface area contributed by atoms with Crippen molar-refractivity contribution in [2.45, 2.75) is 33.1 Å². The van der Waals surface area contributed by atoms with Gasteiger partial charge in [-0.15, -0.1) is 21.5 Å². The maximum Gasteiger partial charge on any atom is 0.231 e. The Hall–Kier alpha value is -2.19. The zero-order chi connectivity index (χ0) is 18.0. The SMILES string of the molecule is Cc1nc(-c2ccc(F)cc2)c(CC(=O)Nc2nnc(C(C)C)s2)s1. The topological polar surface area (TPSA) is 67.8 Å². The van der Waals surface area contributed by atoms with E-state index in [1.165, 1.54) is 34.8 Å². The highest BCUT2D eigenvalue weighted by atomic mass is 32.1. The fourth-order valence-corrected chi connectivity index (χ4v) is 3.97. The summed E-state index contributed by atoms with van der Waals surface area (Å²) in [4.78, 5) is 17.7. The zero-order valence-electron chi connectivity index (χ0n) is 14.0. The number of rotatable bonds is 5. The molecule has 3 rings (SSSR count). The number of carbonyl (C=O) groups excluding carboxylic acids is 1. The molecule has 0 aliphatic heterocycles. The average molecular weight is 376 g/mol. The first-order chi connectivity index (χ1) is 11.9. The van der Waals surface area contributed by atoms with Crippen molar-refractivity contribution in [2.24, 2.45) is 0 Å². The maximum atomic E-state index is 13.1. The highest BCUT2D eigenvalue weighted by molar-refractivity contribution is 7.15. The molecule has 0 saturated carbocycles. The number of hydrogen-bond donors (Lipinski definition) is 1. The zero-order valence-corrected chi connectivity index (χ0v) is 15.7. The number of anilines is 1. The third-order valence-corrected chi connectivity index (χ3v) is 5.53. The predicted molar refractivity (Wildman–Crippen MR) is 98.6 cm³/mol. The van der Waals surface area contributed by atoms with Gasteiger partial charge in [-0.25, -0.2) is 9.37 Å². The Labute approximate surface area is 153 Å². The van der Waals surface area contributed by atoms with Gasteiger partial charge in [0.2, 0.25) is 11.0 Å². The molecule has 5 nitrogen and oxygen atoms in total. The molecular formula is C17H17FN4OS2. The van der Waals surface area contributed by atoms with Gasteiger partial charge >= 0.3 is 0 Å². The fraction of sp³-hybridized carbons (Fsp3) is 0.294. The molecule has 1 aromatic carbocycles. The minimum atomic E-state index is -0.299. The van der Waals surface area contributed by atoms with Gasteiger partial charge in [-0.05, 0) is 31.2 Å². The summed E-state index contributed by atoms with van der Waals surface area (Å²) in [7, 11) is 0. The Balaban J connectivity index is 1.76. The van der Waals surface area contributed by atoms with Crippen molar-refractivity contribution in [3.05, 3.63) is 45.0 Å². The number of aromatic nitrogens is 3. The number of benzene rings is 1. The number of thiazole rings is 1. The van der Waals surface area contributed by atoms with E-state index in [1.807, 2.05) is 20.8 Å². The molecule has 0 radical (unpaired) electrons. The highest BCUT2D eigenvalue weighted by Gasteiger charge is 2.16. The number of aryl methyl sites for hydroxylation is 1.